The Morgan fingerprint density at radius 2 is 2.00 bits per heavy atom. The van der Waals surface area contributed by atoms with Gasteiger partial charge in [-0.05, 0) is 32.1 Å². The van der Waals surface area contributed by atoms with Crippen LogP contribution in [-0.4, -0.2) is 18.2 Å². The van der Waals surface area contributed by atoms with Gasteiger partial charge in [-0.3, -0.25) is 0 Å². The van der Waals surface area contributed by atoms with Gasteiger partial charge in [0.15, 0.2) is 0 Å². The van der Waals surface area contributed by atoms with E-state index in [1.165, 1.54) is 0 Å². The minimum absolute atomic E-state index is 0.0246. The maximum atomic E-state index is 9.48. The summed E-state index contributed by atoms with van der Waals surface area (Å²) in [5, 5.41) is 9.48. The number of hydrogen-bond acceptors (Lipinski definition) is 3. The molecule has 2 rings (SSSR count). The lowest BCUT2D eigenvalue weighted by atomic mass is 10.0. The minimum Gasteiger partial charge on any atom is -0.508 e. The highest BCUT2D eigenvalue weighted by molar-refractivity contribution is 5.72. The molecule has 1 aliphatic rings. The molecular formula is C16H19NO2. The van der Waals surface area contributed by atoms with Crippen LogP contribution in [0.1, 0.15) is 19.4 Å². The summed E-state index contributed by atoms with van der Waals surface area (Å²) in [6, 6.07) is 6.04. The average Bonchev–Trinajstić information content (AvgIpc) is 2.38. The highest BCUT2D eigenvalue weighted by Crippen LogP contribution is 2.35. The Balaban J connectivity index is 2.42. The Morgan fingerprint density at radius 1 is 1.32 bits per heavy atom. The van der Waals surface area contributed by atoms with Crippen molar-refractivity contribution in [2.75, 3.05) is 18.0 Å². The molecule has 0 amide bonds. The Bertz CT molecular complexity index is 554. The summed E-state index contributed by atoms with van der Waals surface area (Å²) in [5.41, 5.74) is 2.59. The number of nitrogens with zero attached hydrogens (tertiary/aromatic N) is 1. The normalized spacial score (nSPS) is 13.4. The summed E-state index contributed by atoms with van der Waals surface area (Å²) < 4.78 is 5.68. The van der Waals surface area contributed by atoms with Gasteiger partial charge >= 0.3 is 0 Å². The summed E-state index contributed by atoms with van der Waals surface area (Å²) in [7, 11) is 0. The predicted molar refractivity (Wildman–Crippen MR) is 79.5 cm³/mol. The summed E-state index contributed by atoms with van der Waals surface area (Å²) in [6.45, 7) is 13.5. The molecule has 0 radical (unpaired) electrons. The Labute approximate surface area is 114 Å². The summed E-state index contributed by atoms with van der Waals surface area (Å²) in [6.07, 6.45) is 1.84. The van der Waals surface area contributed by atoms with Crippen molar-refractivity contribution in [3.63, 3.8) is 0 Å². The van der Waals surface area contributed by atoms with Crippen molar-refractivity contribution >= 4 is 11.8 Å². The number of rotatable bonds is 4. The first kappa shape index (κ1) is 13.3. The number of ether oxygens (including phenoxy) is 1. The van der Waals surface area contributed by atoms with E-state index in [9.17, 15) is 5.11 Å². The highest BCUT2D eigenvalue weighted by atomic mass is 16.5. The molecule has 3 nitrogen and oxygen atoms in total. The second-order valence-corrected chi connectivity index (χ2v) is 4.42. The van der Waals surface area contributed by atoms with Gasteiger partial charge in [-0.1, -0.05) is 13.2 Å². The molecule has 0 unspecified atom stereocenters. The average molecular weight is 257 g/mol. The lowest BCUT2D eigenvalue weighted by Gasteiger charge is -2.24. The smallest absolute Gasteiger partial charge is 0.136 e. The zero-order chi connectivity index (χ0) is 14.0. The largest absolute Gasteiger partial charge is 0.508 e. The van der Waals surface area contributed by atoms with Crippen molar-refractivity contribution in [1.29, 1.82) is 0 Å². The molecule has 0 aliphatic carbocycles. The Morgan fingerprint density at radius 3 is 2.58 bits per heavy atom. The number of fused-ring (bicyclic) bond motifs is 1. The number of benzene rings is 1. The lowest BCUT2D eigenvalue weighted by Crippen LogP contribution is -2.21. The van der Waals surface area contributed by atoms with E-state index in [2.05, 4.69) is 38.0 Å². The fraction of sp³-hybridized carbons (Fsp3) is 0.250. The molecule has 0 spiro atoms. The maximum absolute atomic E-state index is 9.48. The molecule has 0 atom stereocenters. The first-order chi connectivity index (χ1) is 9.06. The molecule has 0 bridgehead atoms. The van der Waals surface area contributed by atoms with E-state index >= 15 is 0 Å². The van der Waals surface area contributed by atoms with E-state index < -0.39 is 0 Å². The highest BCUT2D eigenvalue weighted by Gasteiger charge is 2.18. The van der Waals surface area contributed by atoms with Crippen LogP contribution >= 0.6 is 0 Å². The van der Waals surface area contributed by atoms with Gasteiger partial charge in [0.05, 0.1) is 5.57 Å². The molecule has 1 aromatic carbocycles. The summed E-state index contributed by atoms with van der Waals surface area (Å²) in [4.78, 5) is 2.25. The number of anilines is 1. The van der Waals surface area contributed by atoms with E-state index in [0.29, 0.717) is 11.3 Å². The van der Waals surface area contributed by atoms with Crippen LogP contribution in [-0.2, 0) is 0 Å². The van der Waals surface area contributed by atoms with Gasteiger partial charge in [-0.15, -0.1) is 0 Å². The second-order valence-electron chi connectivity index (χ2n) is 4.42. The maximum Gasteiger partial charge on any atom is 0.136 e. The lowest BCUT2D eigenvalue weighted by molar-refractivity contribution is 0.392. The molecule has 1 heterocycles. The van der Waals surface area contributed by atoms with Crippen LogP contribution in [0.2, 0.25) is 0 Å². The molecule has 19 heavy (non-hydrogen) atoms. The molecule has 0 aromatic heterocycles. The molecule has 0 saturated carbocycles. The summed E-state index contributed by atoms with van der Waals surface area (Å²) >= 11 is 0. The fourth-order valence-electron chi connectivity index (χ4n) is 2.18. The summed E-state index contributed by atoms with van der Waals surface area (Å²) in [5.74, 6) is 1.17. The SMILES string of the molecule is C=C(O)C1=Cc2ccc(N(CC)CC)cc2OC1=C. The van der Waals surface area contributed by atoms with Crippen LogP contribution in [0, 0.1) is 0 Å². The molecule has 0 fully saturated rings. The number of aliphatic hydroxyl groups excluding tert-OH is 1. The minimum atomic E-state index is -0.0246. The molecule has 1 aliphatic heterocycles. The van der Waals surface area contributed by atoms with Crippen LogP contribution in [0.4, 0.5) is 5.69 Å². The standard InChI is InChI=1S/C16H19NO2/c1-5-17(6-2)14-8-7-13-9-15(11(3)18)12(4)19-16(13)10-14/h7-10,18H,3-6H2,1-2H3. The van der Waals surface area contributed by atoms with Gasteiger partial charge in [-0.25, -0.2) is 0 Å². The first-order valence-corrected chi connectivity index (χ1v) is 6.42. The van der Waals surface area contributed by atoms with E-state index in [0.717, 1.165) is 30.1 Å². The van der Waals surface area contributed by atoms with Crippen molar-refractivity contribution in [2.24, 2.45) is 0 Å². The predicted octanol–water partition coefficient (Wildman–Crippen LogP) is 3.89. The van der Waals surface area contributed by atoms with Gasteiger partial charge in [0.1, 0.15) is 17.3 Å². The quantitative estimate of drug-likeness (QED) is 0.830. The van der Waals surface area contributed by atoms with E-state index in [1.54, 1.807) is 0 Å². The van der Waals surface area contributed by atoms with Crippen LogP contribution in [0.25, 0.3) is 6.08 Å². The van der Waals surface area contributed by atoms with Crippen LogP contribution in [0.3, 0.4) is 0 Å². The molecule has 3 heteroatoms. The number of aliphatic hydroxyl groups is 1. The van der Waals surface area contributed by atoms with Crippen molar-refractivity contribution in [3.05, 3.63) is 54.0 Å². The van der Waals surface area contributed by atoms with Gasteiger partial charge in [0.25, 0.3) is 0 Å². The van der Waals surface area contributed by atoms with Crippen molar-refractivity contribution in [1.82, 2.24) is 0 Å². The third kappa shape index (κ3) is 2.50. The van der Waals surface area contributed by atoms with Crippen LogP contribution in [0.15, 0.2) is 48.4 Å². The number of hydrogen-bond donors (Lipinski definition) is 1. The molecule has 1 aromatic rings. The Kier molecular flexibility index (Phi) is 3.65. The van der Waals surface area contributed by atoms with Gasteiger partial charge in [0.2, 0.25) is 0 Å². The van der Waals surface area contributed by atoms with E-state index in [-0.39, 0.29) is 5.76 Å². The van der Waals surface area contributed by atoms with Gasteiger partial charge < -0.3 is 14.7 Å². The van der Waals surface area contributed by atoms with Crippen LogP contribution in [0.5, 0.6) is 5.75 Å². The van der Waals surface area contributed by atoms with Gasteiger partial charge in [0, 0.05) is 30.4 Å². The van der Waals surface area contributed by atoms with E-state index in [4.69, 9.17) is 4.74 Å². The fourth-order valence-corrected chi connectivity index (χ4v) is 2.18. The third-order valence-corrected chi connectivity index (χ3v) is 3.27. The Hall–Kier alpha value is -2.16. The third-order valence-electron chi connectivity index (χ3n) is 3.27. The van der Waals surface area contributed by atoms with Crippen molar-refractivity contribution < 1.29 is 9.84 Å². The van der Waals surface area contributed by atoms with Crippen LogP contribution < -0.4 is 9.64 Å². The molecule has 0 saturated heterocycles. The first-order valence-electron chi connectivity index (χ1n) is 6.42. The second kappa shape index (κ2) is 5.22. The zero-order valence-electron chi connectivity index (χ0n) is 11.4. The molecule has 100 valence electrons. The zero-order valence-corrected chi connectivity index (χ0v) is 11.4. The van der Waals surface area contributed by atoms with Gasteiger partial charge in [-0.2, -0.15) is 0 Å². The monoisotopic (exact) mass is 257 g/mol. The topological polar surface area (TPSA) is 32.7 Å². The van der Waals surface area contributed by atoms with E-state index in [1.807, 2.05) is 18.2 Å². The van der Waals surface area contributed by atoms with Crippen molar-refractivity contribution in [2.45, 2.75) is 13.8 Å². The molecule has 1 N–H and O–H groups in total. The molecular weight excluding hydrogens is 238 g/mol. The van der Waals surface area contributed by atoms with Crippen molar-refractivity contribution in [3.8, 4) is 5.75 Å².